The summed E-state index contributed by atoms with van der Waals surface area (Å²) in [5.74, 6) is 0. The monoisotopic (exact) mass is 355 g/mol. The highest BCUT2D eigenvalue weighted by molar-refractivity contribution is 9.10. The molecule has 0 fully saturated rings. The lowest BCUT2D eigenvalue weighted by Gasteiger charge is -2.14. The Balaban J connectivity index is 2.27. The van der Waals surface area contributed by atoms with E-state index in [0.29, 0.717) is 0 Å². The predicted molar refractivity (Wildman–Crippen MR) is 87.1 cm³/mol. The third-order valence-electron chi connectivity index (χ3n) is 3.41. The Bertz CT molecular complexity index is 602. The zero-order valence-electron chi connectivity index (χ0n) is 12.0. The summed E-state index contributed by atoms with van der Waals surface area (Å²) >= 11 is 9.73. The minimum atomic E-state index is -0.0937. The van der Waals surface area contributed by atoms with E-state index < -0.39 is 0 Å². The van der Waals surface area contributed by atoms with Gasteiger partial charge in [0.25, 0.3) is 0 Å². The van der Waals surface area contributed by atoms with Crippen molar-refractivity contribution in [2.24, 2.45) is 12.8 Å². The fourth-order valence-electron chi connectivity index (χ4n) is 2.35. The van der Waals surface area contributed by atoms with Gasteiger partial charge >= 0.3 is 0 Å². The number of halogens is 2. The first-order valence-corrected chi connectivity index (χ1v) is 7.82. The van der Waals surface area contributed by atoms with Crippen LogP contribution < -0.4 is 5.73 Å². The fraction of sp³-hybridized carbons (Fsp3) is 0.400. The van der Waals surface area contributed by atoms with Gasteiger partial charge in [0.1, 0.15) is 0 Å². The van der Waals surface area contributed by atoms with Crippen molar-refractivity contribution in [3.63, 3.8) is 0 Å². The van der Waals surface area contributed by atoms with E-state index >= 15 is 0 Å². The van der Waals surface area contributed by atoms with Crippen molar-refractivity contribution < 1.29 is 0 Å². The van der Waals surface area contributed by atoms with Crippen molar-refractivity contribution in [1.29, 1.82) is 0 Å². The molecule has 0 saturated carbocycles. The van der Waals surface area contributed by atoms with Gasteiger partial charge in [-0.05, 0) is 52.5 Å². The van der Waals surface area contributed by atoms with Crippen LogP contribution in [0.15, 0.2) is 22.7 Å². The molecule has 2 aromatic rings. The highest BCUT2D eigenvalue weighted by atomic mass is 79.9. The lowest BCUT2D eigenvalue weighted by atomic mass is 10.0. The molecule has 5 heteroatoms. The van der Waals surface area contributed by atoms with Gasteiger partial charge in [0.05, 0.1) is 15.9 Å². The zero-order valence-corrected chi connectivity index (χ0v) is 14.3. The van der Waals surface area contributed by atoms with E-state index in [1.807, 2.05) is 30.8 Å². The topological polar surface area (TPSA) is 43.8 Å². The zero-order chi connectivity index (χ0) is 14.9. The number of aryl methyl sites for hydroxylation is 3. The first-order valence-electron chi connectivity index (χ1n) is 6.65. The average Bonchev–Trinajstić information content (AvgIpc) is 2.65. The second kappa shape index (κ2) is 6.29. The minimum absolute atomic E-state index is 0.0937. The summed E-state index contributed by atoms with van der Waals surface area (Å²) in [5, 5.41) is 5.23. The summed E-state index contributed by atoms with van der Waals surface area (Å²) in [5.41, 5.74) is 10.7. The van der Waals surface area contributed by atoms with Crippen molar-refractivity contribution in [2.75, 3.05) is 0 Å². The Morgan fingerprint density at radius 3 is 2.65 bits per heavy atom. The number of benzene rings is 1. The fourth-order valence-corrected chi connectivity index (χ4v) is 3.42. The van der Waals surface area contributed by atoms with Crippen LogP contribution in [0.3, 0.4) is 0 Å². The van der Waals surface area contributed by atoms with Crippen LogP contribution in [0.2, 0.25) is 5.02 Å². The first kappa shape index (κ1) is 15.5. The molecule has 0 aliphatic rings. The van der Waals surface area contributed by atoms with Crippen molar-refractivity contribution in [3.8, 4) is 0 Å². The average molecular weight is 357 g/mol. The molecule has 3 nitrogen and oxygen atoms in total. The van der Waals surface area contributed by atoms with E-state index in [1.165, 1.54) is 0 Å². The minimum Gasteiger partial charge on any atom is -0.324 e. The van der Waals surface area contributed by atoms with Gasteiger partial charge in [-0.2, -0.15) is 5.10 Å². The summed E-state index contributed by atoms with van der Waals surface area (Å²) in [6.07, 6.45) is 1.63. The summed E-state index contributed by atoms with van der Waals surface area (Å²) < 4.78 is 2.97. The maximum atomic E-state index is 6.33. The van der Waals surface area contributed by atoms with Gasteiger partial charge < -0.3 is 5.73 Å². The molecule has 0 spiro atoms. The number of nitrogens with two attached hydrogens (primary N) is 1. The third-order valence-corrected chi connectivity index (χ3v) is 4.54. The van der Waals surface area contributed by atoms with Crippen LogP contribution in [0.1, 0.15) is 35.5 Å². The third kappa shape index (κ3) is 3.25. The highest BCUT2D eigenvalue weighted by Gasteiger charge is 2.17. The van der Waals surface area contributed by atoms with Gasteiger partial charge in [-0.1, -0.05) is 24.6 Å². The quantitative estimate of drug-likeness (QED) is 0.901. The van der Waals surface area contributed by atoms with E-state index in [0.717, 1.165) is 44.9 Å². The van der Waals surface area contributed by atoms with Gasteiger partial charge in [0.2, 0.25) is 0 Å². The molecule has 2 rings (SSSR count). The number of nitrogens with zero attached hydrogens (tertiary/aromatic N) is 2. The number of hydrogen-bond donors (Lipinski definition) is 1. The standard InChI is InChI=1S/C15H19BrClN3/c1-4-13-15(16)14(20(3)19-13)8-12(18)10-5-9(2)6-11(17)7-10/h5-7,12H,4,8,18H2,1-3H3. The summed E-state index contributed by atoms with van der Waals surface area (Å²) in [6.45, 7) is 4.12. The summed E-state index contributed by atoms with van der Waals surface area (Å²) in [6, 6.07) is 5.86. The predicted octanol–water partition coefficient (Wildman–Crippen LogP) is 3.95. The maximum absolute atomic E-state index is 6.33. The van der Waals surface area contributed by atoms with Crippen molar-refractivity contribution >= 4 is 27.5 Å². The number of hydrogen-bond acceptors (Lipinski definition) is 2. The van der Waals surface area contributed by atoms with Crippen LogP contribution in [-0.2, 0) is 19.9 Å². The smallest absolute Gasteiger partial charge is 0.0766 e. The van der Waals surface area contributed by atoms with Gasteiger partial charge in [0.15, 0.2) is 0 Å². The number of rotatable bonds is 4. The maximum Gasteiger partial charge on any atom is 0.0766 e. The number of aromatic nitrogens is 2. The van der Waals surface area contributed by atoms with E-state index in [9.17, 15) is 0 Å². The van der Waals surface area contributed by atoms with Crippen LogP contribution in [0.4, 0.5) is 0 Å². The van der Waals surface area contributed by atoms with E-state index in [2.05, 4.69) is 34.0 Å². The molecular formula is C15H19BrClN3. The van der Waals surface area contributed by atoms with E-state index in [4.69, 9.17) is 17.3 Å². The Morgan fingerprint density at radius 2 is 2.10 bits per heavy atom. The molecule has 2 N–H and O–H groups in total. The van der Waals surface area contributed by atoms with Crippen LogP contribution in [-0.4, -0.2) is 9.78 Å². The Hall–Kier alpha value is -0.840. The molecule has 0 radical (unpaired) electrons. The molecule has 1 unspecified atom stereocenters. The molecule has 1 aromatic heterocycles. The molecule has 0 bridgehead atoms. The van der Waals surface area contributed by atoms with E-state index in [-0.39, 0.29) is 6.04 Å². The van der Waals surface area contributed by atoms with Crippen LogP contribution >= 0.6 is 27.5 Å². The lowest BCUT2D eigenvalue weighted by molar-refractivity contribution is 0.636. The van der Waals surface area contributed by atoms with Crippen molar-refractivity contribution in [2.45, 2.75) is 32.7 Å². The molecule has 1 heterocycles. The Labute approximate surface area is 133 Å². The molecule has 0 aliphatic carbocycles. The SMILES string of the molecule is CCc1nn(C)c(CC(N)c2cc(C)cc(Cl)c2)c1Br. The van der Waals surface area contributed by atoms with E-state index in [1.54, 1.807) is 0 Å². The molecule has 108 valence electrons. The second-order valence-electron chi connectivity index (χ2n) is 5.06. The van der Waals surface area contributed by atoms with Gasteiger partial charge in [0, 0.05) is 24.5 Å². The molecular weight excluding hydrogens is 338 g/mol. The Kier molecular flexibility index (Phi) is 4.89. The second-order valence-corrected chi connectivity index (χ2v) is 6.29. The molecule has 0 amide bonds. The normalized spacial score (nSPS) is 12.7. The Morgan fingerprint density at radius 1 is 1.40 bits per heavy atom. The van der Waals surface area contributed by atoms with Gasteiger partial charge in [-0.15, -0.1) is 0 Å². The van der Waals surface area contributed by atoms with Crippen LogP contribution in [0.5, 0.6) is 0 Å². The summed E-state index contributed by atoms with van der Waals surface area (Å²) in [4.78, 5) is 0. The molecule has 20 heavy (non-hydrogen) atoms. The largest absolute Gasteiger partial charge is 0.324 e. The molecule has 0 aliphatic heterocycles. The van der Waals surface area contributed by atoms with Crippen molar-refractivity contribution in [1.82, 2.24) is 9.78 Å². The van der Waals surface area contributed by atoms with Gasteiger partial charge in [-0.25, -0.2) is 0 Å². The summed E-state index contributed by atoms with van der Waals surface area (Å²) in [7, 11) is 1.95. The molecule has 0 saturated heterocycles. The van der Waals surface area contributed by atoms with Crippen LogP contribution in [0.25, 0.3) is 0 Å². The van der Waals surface area contributed by atoms with Crippen molar-refractivity contribution in [3.05, 3.63) is 50.2 Å². The first-order chi connectivity index (χ1) is 9.42. The molecule has 1 atom stereocenters. The molecule has 1 aromatic carbocycles. The lowest BCUT2D eigenvalue weighted by Crippen LogP contribution is -2.16. The van der Waals surface area contributed by atoms with Gasteiger partial charge in [-0.3, -0.25) is 4.68 Å². The highest BCUT2D eigenvalue weighted by Crippen LogP contribution is 2.27. The van der Waals surface area contributed by atoms with Crippen LogP contribution in [0, 0.1) is 6.92 Å².